The van der Waals surface area contributed by atoms with Gasteiger partial charge < -0.3 is 30.3 Å². The van der Waals surface area contributed by atoms with E-state index in [4.69, 9.17) is 19.7 Å². The minimum Gasteiger partial charge on any atom is -0.491 e. The molecule has 8 heteroatoms. The molecule has 4 N–H and O–H groups in total. The molecule has 0 aromatic heterocycles. The molecule has 0 radical (unpaired) electrons. The molecule has 0 aliphatic rings. The maximum absolute atomic E-state index is 10.7. The van der Waals surface area contributed by atoms with Crippen molar-refractivity contribution in [2.45, 2.75) is 6.42 Å². The first kappa shape index (κ1) is 23.3. The summed E-state index contributed by atoms with van der Waals surface area (Å²) in [5, 5.41) is 23.6. The van der Waals surface area contributed by atoms with Crippen molar-refractivity contribution >= 4 is 35.5 Å². The van der Waals surface area contributed by atoms with E-state index in [9.17, 15) is 9.59 Å². The topological polar surface area (TPSA) is 117 Å². The van der Waals surface area contributed by atoms with Crippen molar-refractivity contribution in [3.63, 3.8) is 0 Å². The third-order valence-corrected chi connectivity index (χ3v) is 4.19. The molecule has 2 rings (SSSR count). The lowest BCUT2D eigenvalue weighted by molar-refractivity contribution is -0.132. The molecule has 2 aromatic rings. The fourth-order valence-electron chi connectivity index (χ4n) is 2.70. The van der Waals surface area contributed by atoms with Crippen LogP contribution in [0.25, 0.3) is 12.2 Å². The highest BCUT2D eigenvalue weighted by atomic mass is 16.5. The van der Waals surface area contributed by atoms with Crippen LogP contribution in [-0.4, -0.2) is 49.5 Å². The third-order valence-electron chi connectivity index (χ3n) is 4.19. The monoisotopic (exact) mass is 426 g/mol. The smallest absolute Gasteiger partial charge is 0.328 e. The van der Waals surface area contributed by atoms with Crippen LogP contribution in [-0.2, 0) is 9.59 Å². The van der Waals surface area contributed by atoms with Crippen LogP contribution in [0, 0.1) is 0 Å². The maximum atomic E-state index is 10.7. The largest absolute Gasteiger partial charge is 0.491 e. The molecule has 0 aliphatic carbocycles. The minimum absolute atomic E-state index is 0.397. The Balaban J connectivity index is 1.94. The molecule has 0 saturated heterocycles. The van der Waals surface area contributed by atoms with Crippen LogP contribution in [0.5, 0.6) is 11.5 Å². The Morgan fingerprint density at radius 2 is 1.23 bits per heavy atom. The Labute approximate surface area is 180 Å². The normalized spacial score (nSPS) is 10.9. The molecular formula is C23H26N2O6. The van der Waals surface area contributed by atoms with Crippen molar-refractivity contribution in [3.05, 3.63) is 59.7 Å². The van der Waals surface area contributed by atoms with E-state index in [1.54, 1.807) is 38.4 Å². The lowest BCUT2D eigenvalue weighted by Crippen LogP contribution is -2.07. The fourth-order valence-corrected chi connectivity index (χ4v) is 2.70. The van der Waals surface area contributed by atoms with Gasteiger partial charge in [-0.3, -0.25) is 0 Å². The SMILES string of the molecule is CNc1ccc(C=CC(=O)O)cc1OCCCOc1cc(C=CC(=O)O)ccc1NC. The Kier molecular flexibility index (Phi) is 8.97. The summed E-state index contributed by atoms with van der Waals surface area (Å²) in [5.74, 6) is -0.792. The average Bonchev–Trinajstić information content (AvgIpc) is 2.76. The summed E-state index contributed by atoms with van der Waals surface area (Å²) in [6.07, 6.45) is 5.76. The highest BCUT2D eigenvalue weighted by molar-refractivity contribution is 5.86. The molecule has 0 spiro atoms. The van der Waals surface area contributed by atoms with Gasteiger partial charge in [0.15, 0.2) is 0 Å². The van der Waals surface area contributed by atoms with E-state index in [0.717, 1.165) is 34.7 Å². The first-order valence-corrected chi connectivity index (χ1v) is 9.64. The molecule has 2 aromatic carbocycles. The number of benzene rings is 2. The van der Waals surface area contributed by atoms with Crippen LogP contribution >= 0.6 is 0 Å². The van der Waals surface area contributed by atoms with Crippen LogP contribution in [0.1, 0.15) is 17.5 Å². The van der Waals surface area contributed by atoms with Crippen molar-refractivity contribution in [3.8, 4) is 11.5 Å². The molecule has 164 valence electrons. The molecule has 0 unspecified atom stereocenters. The van der Waals surface area contributed by atoms with E-state index in [1.807, 2.05) is 12.1 Å². The van der Waals surface area contributed by atoms with E-state index >= 15 is 0 Å². The summed E-state index contributed by atoms with van der Waals surface area (Å²) in [6.45, 7) is 0.794. The lowest BCUT2D eigenvalue weighted by Gasteiger charge is -2.14. The lowest BCUT2D eigenvalue weighted by atomic mass is 10.1. The summed E-state index contributed by atoms with van der Waals surface area (Å²) in [4.78, 5) is 21.4. The van der Waals surface area contributed by atoms with Gasteiger partial charge in [0.25, 0.3) is 0 Å². The number of hydrogen-bond acceptors (Lipinski definition) is 6. The van der Waals surface area contributed by atoms with Crippen LogP contribution in [0.2, 0.25) is 0 Å². The molecule has 0 atom stereocenters. The summed E-state index contributed by atoms with van der Waals surface area (Å²) >= 11 is 0. The summed E-state index contributed by atoms with van der Waals surface area (Å²) < 4.78 is 11.7. The second kappa shape index (κ2) is 11.9. The minimum atomic E-state index is -1.01. The molecule has 8 nitrogen and oxygen atoms in total. The van der Waals surface area contributed by atoms with Crippen LogP contribution in [0.3, 0.4) is 0 Å². The van der Waals surface area contributed by atoms with E-state index in [1.165, 1.54) is 12.2 Å². The van der Waals surface area contributed by atoms with Gasteiger partial charge >= 0.3 is 11.9 Å². The van der Waals surface area contributed by atoms with Crippen molar-refractivity contribution in [1.29, 1.82) is 0 Å². The van der Waals surface area contributed by atoms with Crippen LogP contribution in [0.15, 0.2) is 48.6 Å². The number of ether oxygens (including phenoxy) is 2. The Hall–Kier alpha value is -3.94. The first-order chi connectivity index (χ1) is 14.9. The van der Waals surface area contributed by atoms with Gasteiger partial charge in [-0.2, -0.15) is 0 Å². The van der Waals surface area contributed by atoms with Gasteiger partial charge in [-0.15, -0.1) is 0 Å². The van der Waals surface area contributed by atoms with Crippen molar-refractivity contribution in [2.24, 2.45) is 0 Å². The predicted molar refractivity (Wildman–Crippen MR) is 121 cm³/mol. The second-order valence-electron chi connectivity index (χ2n) is 6.40. The highest BCUT2D eigenvalue weighted by Gasteiger charge is 2.06. The van der Waals surface area contributed by atoms with Crippen molar-refractivity contribution in [2.75, 3.05) is 37.9 Å². The number of anilines is 2. The Morgan fingerprint density at radius 3 is 1.58 bits per heavy atom. The van der Waals surface area contributed by atoms with Crippen LogP contribution < -0.4 is 20.1 Å². The van der Waals surface area contributed by atoms with Gasteiger partial charge in [0.05, 0.1) is 24.6 Å². The highest BCUT2D eigenvalue weighted by Crippen LogP contribution is 2.28. The van der Waals surface area contributed by atoms with Crippen LogP contribution in [0.4, 0.5) is 11.4 Å². The molecule has 31 heavy (non-hydrogen) atoms. The summed E-state index contributed by atoms with van der Waals surface area (Å²) in [5.41, 5.74) is 3.03. The standard InChI is InChI=1S/C23H26N2O6/c1-24-18-8-4-16(6-10-22(26)27)14-20(18)30-12-3-13-31-21-15-17(7-11-23(28)29)5-9-19(21)25-2/h4-11,14-15,24-25H,3,12-13H2,1-2H3,(H,26,27)(H,28,29). The molecule has 0 heterocycles. The van der Waals surface area contributed by atoms with E-state index in [0.29, 0.717) is 31.1 Å². The molecule has 0 saturated carbocycles. The Bertz CT molecular complexity index is 891. The number of hydrogen-bond donors (Lipinski definition) is 4. The summed E-state index contributed by atoms with van der Waals surface area (Å²) in [6, 6.07) is 10.8. The molecule has 0 fully saturated rings. The first-order valence-electron chi connectivity index (χ1n) is 9.64. The molecule has 0 bridgehead atoms. The zero-order valence-electron chi connectivity index (χ0n) is 17.4. The predicted octanol–water partition coefficient (Wildman–Crippen LogP) is 3.81. The molecule has 0 aliphatic heterocycles. The number of carboxylic acid groups (broad SMARTS) is 2. The maximum Gasteiger partial charge on any atom is 0.328 e. The fraction of sp³-hybridized carbons (Fsp3) is 0.217. The Morgan fingerprint density at radius 1 is 0.806 bits per heavy atom. The average molecular weight is 426 g/mol. The van der Waals surface area contributed by atoms with E-state index in [-0.39, 0.29) is 0 Å². The molecule has 0 amide bonds. The zero-order chi connectivity index (χ0) is 22.6. The number of carboxylic acids is 2. The van der Waals surface area contributed by atoms with Gasteiger partial charge in [0.2, 0.25) is 0 Å². The quantitative estimate of drug-likeness (QED) is 0.299. The molecular weight excluding hydrogens is 400 g/mol. The number of nitrogens with one attached hydrogen (secondary N) is 2. The number of aliphatic carboxylic acids is 2. The van der Waals surface area contributed by atoms with Gasteiger partial charge in [-0.05, 0) is 47.5 Å². The number of carbonyl (C=O) groups is 2. The second-order valence-corrected chi connectivity index (χ2v) is 6.40. The number of rotatable bonds is 12. The van der Waals surface area contributed by atoms with Crippen molar-refractivity contribution < 1.29 is 29.3 Å². The zero-order valence-corrected chi connectivity index (χ0v) is 17.4. The van der Waals surface area contributed by atoms with Gasteiger partial charge in [0.1, 0.15) is 11.5 Å². The van der Waals surface area contributed by atoms with E-state index < -0.39 is 11.9 Å². The van der Waals surface area contributed by atoms with Gasteiger partial charge in [0, 0.05) is 32.7 Å². The van der Waals surface area contributed by atoms with Gasteiger partial charge in [-0.1, -0.05) is 12.1 Å². The summed E-state index contributed by atoms with van der Waals surface area (Å²) in [7, 11) is 3.56. The third kappa shape index (κ3) is 7.77. The van der Waals surface area contributed by atoms with Gasteiger partial charge in [-0.25, -0.2) is 9.59 Å². The van der Waals surface area contributed by atoms with Crippen molar-refractivity contribution in [1.82, 2.24) is 0 Å². The van der Waals surface area contributed by atoms with E-state index in [2.05, 4.69) is 10.6 Å².